The molecule has 0 radical (unpaired) electrons. The molecule has 2 aromatic heterocycles. The van der Waals surface area contributed by atoms with Gasteiger partial charge in [0.15, 0.2) is 5.82 Å². The molecule has 0 atom stereocenters. The van der Waals surface area contributed by atoms with Gasteiger partial charge in [0.2, 0.25) is 0 Å². The molecular formula is C16H13ClFN3O4S2. The number of sulfonamides is 1. The molecule has 1 aliphatic rings. The number of aromatic nitrogens is 2. The maximum absolute atomic E-state index is 13.4. The van der Waals surface area contributed by atoms with E-state index in [9.17, 15) is 12.8 Å². The highest BCUT2D eigenvalue weighted by molar-refractivity contribution is 7.93. The van der Waals surface area contributed by atoms with Gasteiger partial charge in [-0.3, -0.25) is 4.72 Å². The second kappa shape index (κ2) is 6.86. The van der Waals surface area contributed by atoms with Gasteiger partial charge in [-0.25, -0.2) is 12.8 Å². The summed E-state index contributed by atoms with van der Waals surface area (Å²) in [6, 6.07) is 3.22. The van der Waals surface area contributed by atoms with E-state index in [1.54, 1.807) is 6.92 Å². The van der Waals surface area contributed by atoms with E-state index in [2.05, 4.69) is 14.9 Å². The number of halogens is 2. The van der Waals surface area contributed by atoms with Crippen LogP contribution >= 0.6 is 22.9 Å². The number of hydrogen-bond acceptors (Lipinski definition) is 7. The summed E-state index contributed by atoms with van der Waals surface area (Å²) in [5, 5.41) is 3.86. The zero-order valence-corrected chi connectivity index (χ0v) is 16.3. The zero-order chi connectivity index (χ0) is 19.2. The Morgan fingerprint density at radius 3 is 2.89 bits per heavy atom. The van der Waals surface area contributed by atoms with Crippen molar-refractivity contribution in [1.29, 1.82) is 0 Å². The third-order valence-corrected chi connectivity index (χ3v) is 6.88. The summed E-state index contributed by atoms with van der Waals surface area (Å²) in [5.74, 6) is -0.0146. The van der Waals surface area contributed by atoms with E-state index in [1.165, 1.54) is 11.3 Å². The van der Waals surface area contributed by atoms with Crippen molar-refractivity contribution in [3.63, 3.8) is 0 Å². The fourth-order valence-electron chi connectivity index (χ4n) is 2.75. The highest BCUT2D eigenvalue weighted by Crippen LogP contribution is 2.43. The minimum Gasteiger partial charge on any atom is -0.376 e. The molecule has 0 saturated heterocycles. The van der Waals surface area contributed by atoms with E-state index >= 15 is 0 Å². The molecule has 0 amide bonds. The van der Waals surface area contributed by atoms with Crippen LogP contribution < -0.4 is 4.72 Å². The van der Waals surface area contributed by atoms with Crippen molar-refractivity contribution in [2.45, 2.75) is 24.8 Å². The van der Waals surface area contributed by atoms with Gasteiger partial charge in [0.05, 0.1) is 28.7 Å². The summed E-state index contributed by atoms with van der Waals surface area (Å²) in [7, 11) is -4.00. The van der Waals surface area contributed by atoms with Gasteiger partial charge in [-0.1, -0.05) is 16.8 Å². The van der Waals surface area contributed by atoms with Crippen molar-refractivity contribution in [1.82, 2.24) is 10.1 Å². The highest BCUT2D eigenvalue weighted by Gasteiger charge is 2.28. The molecule has 0 unspecified atom stereocenters. The van der Waals surface area contributed by atoms with Gasteiger partial charge >= 0.3 is 0 Å². The van der Waals surface area contributed by atoms with Crippen LogP contribution in [0.5, 0.6) is 0 Å². The van der Waals surface area contributed by atoms with Crippen molar-refractivity contribution < 1.29 is 22.1 Å². The summed E-state index contributed by atoms with van der Waals surface area (Å²) in [6.07, 6.45) is 0.604. The summed E-state index contributed by atoms with van der Waals surface area (Å²) < 4.78 is 52.2. The van der Waals surface area contributed by atoms with Crippen molar-refractivity contribution >= 4 is 38.0 Å². The van der Waals surface area contributed by atoms with Crippen LogP contribution in [0.25, 0.3) is 11.5 Å². The Morgan fingerprint density at radius 1 is 1.37 bits per heavy atom. The average molecular weight is 430 g/mol. The van der Waals surface area contributed by atoms with Crippen LogP contribution in [0.15, 0.2) is 27.6 Å². The summed E-state index contributed by atoms with van der Waals surface area (Å²) >= 11 is 6.97. The van der Waals surface area contributed by atoms with E-state index < -0.39 is 15.8 Å². The Labute approximate surface area is 163 Å². The lowest BCUT2D eigenvalue weighted by molar-refractivity contribution is 0.113. The molecular weight excluding hydrogens is 417 g/mol. The van der Waals surface area contributed by atoms with Crippen LogP contribution in [-0.4, -0.2) is 25.2 Å². The molecule has 0 bridgehead atoms. The van der Waals surface area contributed by atoms with E-state index in [-0.39, 0.29) is 15.8 Å². The molecule has 3 heterocycles. The number of thiophene rings is 1. The first-order valence-electron chi connectivity index (χ1n) is 7.86. The average Bonchev–Trinajstić information content (AvgIpc) is 3.19. The second-order valence-corrected chi connectivity index (χ2v) is 9.03. The van der Waals surface area contributed by atoms with Crippen LogP contribution in [0.2, 0.25) is 5.02 Å². The van der Waals surface area contributed by atoms with Gasteiger partial charge in [0, 0.05) is 4.88 Å². The maximum Gasteiger partial charge on any atom is 0.262 e. The lowest BCUT2D eigenvalue weighted by Crippen LogP contribution is -2.13. The van der Waals surface area contributed by atoms with Crippen LogP contribution in [0.4, 0.5) is 9.39 Å². The number of fused-ring (bicyclic) bond motifs is 1. The molecule has 0 spiro atoms. The number of rotatable bonds is 4. The van der Waals surface area contributed by atoms with Gasteiger partial charge in [0.25, 0.3) is 15.9 Å². The third kappa shape index (κ3) is 3.45. The summed E-state index contributed by atoms with van der Waals surface area (Å²) in [6.45, 7) is 2.58. The topological polar surface area (TPSA) is 94.3 Å². The molecule has 142 valence electrons. The summed E-state index contributed by atoms with van der Waals surface area (Å²) in [4.78, 5) is 4.97. The van der Waals surface area contributed by atoms with E-state index in [0.717, 1.165) is 28.6 Å². The molecule has 1 aliphatic heterocycles. The Kier molecular flexibility index (Phi) is 4.66. The van der Waals surface area contributed by atoms with Crippen LogP contribution in [0, 0.1) is 12.7 Å². The van der Waals surface area contributed by atoms with Crippen molar-refractivity contribution in [2.75, 3.05) is 11.3 Å². The van der Waals surface area contributed by atoms with Crippen molar-refractivity contribution in [3.05, 3.63) is 45.3 Å². The fourth-order valence-corrected chi connectivity index (χ4v) is 5.51. The highest BCUT2D eigenvalue weighted by atomic mass is 35.5. The van der Waals surface area contributed by atoms with E-state index in [0.29, 0.717) is 36.0 Å². The van der Waals surface area contributed by atoms with Gasteiger partial charge < -0.3 is 9.26 Å². The predicted molar refractivity (Wildman–Crippen MR) is 97.9 cm³/mol. The SMILES string of the molecule is Cc1noc(-c2c(NS(=O)(=O)c3ccc(F)c(Cl)c3)sc3c2CCOC3)n1. The normalized spacial score (nSPS) is 14.2. The van der Waals surface area contributed by atoms with Crippen molar-refractivity contribution in [2.24, 2.45) is 0 Å². The Hall–Kier alpha value is -2.01. The molecule has 0 aliphatic carbocycles. The first-order chi connectivity index (χ1) is 12.8. The summed E-state index contributed by atoms with van der Waals surface area (Å²) in [5.41, 5.74) is 1.47. The molecule has 0 saturated carbocycles. The number of ether oxygens (including phenoxy) is 1. The van der Waals surface area contributed by atoms with Crippen molar-refractivity contribution in [3.8, 4) is 11.5 Å². The smallest absolute Gasteiger partial charge is 0.262 e. The van der Waals surface area contributed by atoms with Crippen LogP contribution in [-0.2, 0) is 27.8 Å². The number of nitrogens with one attached hydrogen (secondary N) is 1. The standard InChI is InChI=1S/C16H13ClFN3O4S2/c1-8-19-15(25-20-8)14-10-4-5-24-7-13(10)26-16(14)21-27(22,23)9-2-3-12(18)11(17)6-9/h2-3,6,21H,4-5,7H2,1H3. The number of nitrogens with zero attached hydrogens (tertiary/aromatic N) is 2. The van der Waals surface area contributed by atoms with Crippen LogP contribution in [0.3, 0.4) is 0 Å². The number of benzene rings is 1. The maximum atomic E-state index is 13.4. The Bertz CT molecular complexity index is 1130. The first-order valence-corrected chi connectivity index (χ1v) is 10.5. The Balaban J connectivity index is 1.79. The van der Waals surface area contributed by atoms with Crippen LogP contribution in [0.1, 0.15) is 16.3 Å². The fraction of sp³-hybridized carbons (Fsp3) is 0.250. The molecule has 7 nitrogen and oxygen atoms in total. The number of hydrogen-bond donors (Lipinski definition) is 1. The minimum atomic E-state index is -4.00. The van der Waals surface area contributed by atoms with Gasteiger partial charge in [-0.2, -0.15) is 4.98 Å². The third-order valence-electron chi connectivity index (χ3n) is 3.99. The Morgan fingerprint density at radius 2 is 2.19 bits per heavy atom. The predicted octanol–water partition coefficient (Wildman–Crippen LogP) is 3.77. The lowest BCUT2D eigenvalue weighted by Gasteiger charge is -2.12. The molecule has 3 aromatic rings. The number of anilines is 1. The lowest BCUT2D eigenvalue weighted by atomic mass is 10.1. The largest absolute Gasteiger partial charge is 0.376 e. The number of aryl methyl sites for hydroxylation is 1. The molecule has 27 heavy (non-hydrogen) atoms. The molecule has 4 rings (SSSR count). The zero-order valence-electron chi connectivity index (χ0n) is 14.0. The molecule has 11 heteroatoms. The molecule has 1 N–H and O–H groups in total. The first kappa shape index (κ1) is 18.4. The van der Waals surface area contributed by atoms with Gasteiger partial charge in [-0.05, 0) is 37.1 Å². The minimum absolute atomic E-state index is 0.149. The van der Waals surface area contributed by atoms with Gasteiger partial charge in [0.1, 0.15) is 10.8 Å². The molecule has 1 aromatic carbocycles. The van der Waals surface area contributed by atoms with E-state index in [1.807, 2.05) is 0 Å². The quantitative estimate of drug-likeness (QED) is 0.678. The molecule has 0 fully saturated rings. The second-order valence-electron chi connectivity index (χ2n) is 5.84. The van der Waals surface area contributed by atoms with Gasteiger partial charge in [-0.15, -0.1) is 11.3 Å². The monoisotopic (exact) mass is 429 g/mol. The van der Waals surface area contributed by atoms with E-state index in [4.69, 9.17) is 20.9 Å².